The van der Waals surface area contributed by atoms with Gasteiger partial charge in [0.2, 0.25) is 0 Å². The van der Waals surface area contributed by atoms with Crippen molar-refractivity contribution in [3.8, 4) is 0 Å². The number of anilines is 1. The second-order valence-corrected chi connectivity index (χ2v) is 6.97. The minimum Gasteiger partial charge on any atom is -0.366 e. The summed E-state index contributed by atoms with van der Waals surface area (Å²) in [5.41, 5.74) is -1.11. The highest BCUT2D eigenvalue weighted by atomic mass is 32.2. The topological polar surface area (TPSA) is 89.2 Å². The summed E-state index contributed by atoms with van der Waals surface area (Å²) in [6.07, 6.45) is -3.20. The van der Waals surface area contributed by atoms with Crippen molar-refractivity contribution < 1.29 is 21.6 Å². The van der Waals surface area contributed by atoms with E-state index in [1.54, 1.807) is 0 Å². The molecule has 0 saturated carbocycles. The first-order valence-corrected chi connectivity index (χ1v) is 7.82. The van der Waals surface area contributed by atoms with E-state index in [0.29, 0.717) is 6.42 Å². The highest BCUT2D eigenvalue weighted by molar-refractivity contribution is 7.91. The van der Waals surface area contributed by atoms with Gasteiger partial charge in [-0.25, -0.2) is 13.4 Å². The Morgan fingerprint density at radius 2 is 2.14 bits per heavy atom. The molecule has 0 amide bonds. The first kappa shape index (κ1) is 14.0. The van der Waals surface area contributed by atoms with Gasteiger partial charge in [-0.05, 0) is 6.42 Å². The molecule has 0 aliphatic carbocycles. The van der Waals surface area contributed by atoms with E-state index >= 15 is 0 Å². The number of nitrogens with zero attached hydrogens (tertiary/aromatic N) is 4. The third-order valence-electron chi connectivity index (χ3n) is 3.13. The molecule has 0 spiro atoms. The number of aromatic nitrogens is 4. The van der Waals surface area contributed by atoms with Crippen LogP contribution in [0.4, 0.5) is 19.0 Å². The number of nitrogens with one attached hydrogen (secondary N) is 1. The fraction of sp³-hybridized carbons (Fsp3) is 0.500. The van der Waals surface area contributed by atoms with Crippen LogP contribution in [0.15, 0.2) is 12.4 Å². The second kappa shape index (κ2) is 4.55. The summed E-state index contributed by atoms with van der Waals surface area (Å²) in [4.78, 5) is 7.02. The zero-order chi connectivity index (χ0) is 15.3. The lowest BCUT2D eigenvalue weighted by Crippen LogP contribution is -2.23. The zero-order valence-corrected chi connectivity index (χ0v) is 11.3. The summed E-state index contributed by atoms with van der Waals surface area (Å²) in [5, 5.41) is 6.56. The molecule has 2 aromatic heterocycles. The van der Waals surface area contributed by atoms with Crippen molar-refractivity contribution in [2.45, 2.75) is 18.6 Å². The maximum atomic E-state index is 12.8. The first-order chi connectivity index (χ1) is 9.74. The van der Waals surface area contributed by atoms with Gasteiger partial charge in [0.05, 0.1) is 11.5 Å². The van der Waals surface area contributed by atoms with Crippen molar-refractivity contribution in [3.05, 3.63) is 18.1 Å². The Bertz CT molecular complexity index is 786. The van der Waals surface area contributed by atoms with Crippen LogP contribution in [0.5, 0.6) is 0 Å². The number of hydrogen-bond donors (Lipinski definition) is 1. The molecule has 11 heteroatoms. The van der Waals surface area contributed by atoms with Gasteiger partial charge >= 0.3 is 6.18 Å². The number of sulfone groups is 1. The van der Waals surface area contributed by atoms with E-state index in [9.17, 15) is 21.6 Å². The first-order valence-electron chi connectivity index (χ1n) is 5.99. The van der Waals surface area contributed by atoms with Gasteiger partial charge in [-0.1, -0.05) is 0 Å². The van der Waals surface area contributed by atoms with Gasteiger partial charge < -0.3 is 5.32 Å². The number of hydrogen-bond acceptors (Lipinski definition) is 6. The SMILES string of the molecule is O=S1(=O)CCC(Nc2cc(C(F)(F)F)nc3ncnn23)C1. The Kier molecular flexibility index (Phi) is 3.04. The average molecular weight is 321 g/mol. The molecule has 2 aromatic rings. The smallest absolute Gasteiger partial charge is 0.366 e. The van der Waals surface area contributed by atoms with Crippen LogP contribution in [0.3, 0.4) is 0 Å². The van der Waals surface area contributed by atoms with Crippen LogP contribution in [0.2, 0.25) is 0 Å². The molecule has 1 atom stereocenters. The van der Waals surface area contributed by atoms with Crippen LogP contribution in [-0.2, 0) is 16.0 Å². The minimum atomic E-state index is -4.62. The quantitative estimate of drug-likeness (QED) is 0.878. The molecule has 114 valence electrons. The summed E-state index contributed by atoms with van der Waals surface area (Å²) in [6, 6.07) is 0.345. The molecule has 1 aliphatic rings. The molecule has 1 unspecified atom stereocenters. The molecule has 21 heavy (non-hydrogen) atoms. The molecule has 0 bridgehead atoms. The second-order valence-electron chi connectivity index (χ2n) is 4.74. The number of rotatable bonds is 2. The summed E-state index contributed by atoms with van der Waals surface area (Å²) in [5.74, 6) is -0.282. The lowest BCUT2D eigenvalue weighted by Gasteiger charge is -2.15. The van der Waals surface area contributed by atoms with E-state index in [1.165, 1.54) is 0 Å². The molecule has 3 rings (SSSR count). The maximum Gasteiger partial charge on any atom is 0.433 e. The van der Waals surface area contributed by atoms with Gasteiger partial charge in [0.1, 0.15) is 12.1 Å². The molecule has 0 radical (unpaired) electrons. The largest absolute Gasteiger partial charge is 0.433 e. The lowest BCUT2D eigenvalue weighted by molar-refractivity contribution is -0.141. The summed E-state index contributed by atoms with van der Waals surface area (Å²) >= 11 is 0. The van der Waals surface area contributed by atoms with Crippen LogP contribution in [0, 0.1) is 0 Å². The summed E-state index contributed by atoms with van der Waals surface area (Å²) in [7, 11) is -3.14. The molecular weight excluding hydrogens is 311 g/mol. The molecule has 1 fully saturated rings. The highest BCUT2D eigenvalue weighted by Gasteiger charge is 2.35. The van der Waals surface area contributed by atoms with E-state index in [1.807, 2.05) is 0 Å². The summed E-state index contributed by atoms with van der Waals surface area (Å²) in [6.45, 7) is 0. The zero-order valence-electron chi connectivity index (χ0n) is 10.5. The van der Waals surface area contributed by atoms with Gasteiger partial charge in [0.25, 0.3) is 5.78 Å². The van der Waals surface area contributed by atoms with E-state index in [-0.39, 0.29) is 23.1 Å². The lowest BCUT2D eigenvalue weighted by atomic mass is 10.2. The van der Waals surface area contributed by atoms with Crippen molar-refractivity contribution in [3.63, 3.8) is 0 Å². The van der Waals surface area contributed by atoms with Crippen LogP contribution >= 0.6 is 0 Å². The molecule has 3 heterocycles. The van der Waals surface area contributed by atoms with Gasteiger partial charge in [-0.15, -0.1) is 0 Å². The molecular formula is C10H10F3N5O2S. The predicted octanol–water partition coefficient (Wildman–Crippen LogP) is 0.742. The molecule has 0 aromatic carbocycles. The monoisotopic (exact) mass is 321 g/mol. The minimum absolute atomic E-state index is 0.0162. The van der Waals surface area contributed by atoms with Crippen LogP contribution in [0.1, 0.15) is 12.1 Å². The normalized spacial score (nSPS) is 21.8. The van der Waals surface area contributed by atoms with Gasteiger partial charge in [0.15, 0.2) is 15.5 Å². The van der Waals surface area contributed by atoms with Gasteiger partial charge in [-0.3, -0.25) is 0 Å². The molecule has 1 aliphatic heterocycles. The van der Waals surface area contributed by atoms with Crippen LogP contribution in [0.25, 0.3) is 5.78 Å². The Hall–Kier alpha value is -1.91. The van der Waals surface area contributed by atoms with Crippen molar-refractivity contribution in [2.75, 3.05) is 16.8 Å². The Labute approximate surface area is 117 Å². The number of halogens is 3. The predicted molar refractivity (Wildman–Crippen MR) is 66.5 cm³/mol. The molecule has 1 saturated heterocycles. The van der Waals surface area contributed by atoms with Gasteiger partial charge in [0, 0.05) is 12.1 Å². The van der Waals surface area contributed by atoms with Crippen molar-refractivity contribution in [1.82, 2.24) is 19.6 Å². The van der Waals surface area contributed by atoms with Crippen molar-refractivity contribution >= 4 is 21.4 Å². The van der Waals surface area contributed by atoms with Crippen LogP contribution < -0.4 is 5.32 Å². The van der Waals surface area contributed by atoms with Crippen molar-refractivity contribution in [1.29, 1.82) is 0 Å². The highest BCUT2D eigenvalue weighted by Crippen LogP contribution is 2.30. The standard InChI is InChI=1S/C10H10F3N5O2S/c11-10(12,13)7-3-8(18-9(17-7)14-5-15-18)16-6-1-2-21(19,20)4-6/h3,5-6,16H,1-2,4H2. The Morgan fingerprint density at radius 1 is 1.38 bits per heavy atom. The van der Waals surface area contributed by atoms with E-state index in [0.717, 1.165) is 16.9 Å². The van der Waals surface area contributed by atoms with Gasteiger partial charge in [-0.2, -0.15) is 27.8 Å². The number of fused-ring (bicyclic) bond motifs is 1. The average Bonchev–Trinajstić information content (AvgIpc) is 2.94. The van der Waals surface area contributed by atoms with Crippen LogP contribution in [-0.4, -0.2) is 45.5 Å². The number of alkyl halides is 3. The van der Waals surface area contributed by atoms with E-state index in [2.05, 4.69) is 20.4 Å². The molecule has 1 N–H and O–H groups in total. The maximum absolute atomic E-state index is 12.8. The third-order valence-corrected chi connectivity index (χ3v) is 4.89. The fourth-order valence-corrected chi connectivity index (χ4v) is 3.85. The Balaban J connectivity index is 1.99. The molecule has 7 nitrogen and oxygen atoms in total. The third kappa shape index (κ3) is 2.77. The van der Waals surface area contributed by atoms with E-state index < -0.39 is 27.7 Å². The Morgan fingerprint density at radius 3 is 2.76 bits per heavy atom. The van der Waals surface area contributed by atoms with E-state index in [4.69, 9.17) is 0 Å². The fourth-order valence-electron chi connectivity index (χ4n) is 2.18. The van der Waals surface area contributed by atoms with Crippen molar-refractivity contribution in [2.24, 2.45) is 0 Å². The summed E-state index contributed by atoms with van der Waals surface area (Å²) < 4.78 is 62.3.